The Bertz CT molecular complexity index is 564. The molecule has 0 radical (unpaired) electrons. The number of hydrogen-bond donors (Lipinski definition) is 2. The molecule has 0 aliphatic rings. The van der Waals surface area contributed by atoms with E-state index in [2.05, 4.69) is 14.7 Å². The van der Waals surface area contributed by atoms with E-state index in [9.17, 15) is 9.90 Å². The lowest BCUT2D eigenvalue weighted by Gasteiger charge is -2.11. The van der Waals surface area contributed by atoms with Gasteiger partial charge in [0.25, 0.3) is 0 Å². The van der Waals surface area contributed by atoms with Crippen molar-refractivity contribution in [3.63, 3.8) is 0 Å². The molecule has 0 spiro atoms. The molecule has 2 N–H and O–H groups in total. The Morgan fingerprint density at radius 3 is 2.68 bits per heavy atom. The second-order valence-electron chi connectivity index (χ2n) is 5.25. The summed E-state index contributed by atoms with van der Waals surface area (Å²) in [7, 11) is 1.40. The maximum Gasteiger partial charge on any atom is 0.305 e. The second-order valence-corrected chi connectivity index (χ2v) is 5.25. The number of carbonyl (C=O) groups is 1. The lowest BCUT2D eigenvalue weighted by Crippen LogP contribution is -2.00. The summed E-state index contributed by atoms with van der Waals surface area (Å²) < 4.78 is 4.59. The van der Waals surface area contributed by atoms with Gasteiger partial charge >= 0.3 is 5.97 Å². The van der Waals surface area contributed by atoms with Crippen LogP contribution >= 0.6 is 0 Å². The van der Waals surface area contributed by atoms with Crippen LogP contribution in [0.15, 0.2) is 36.7 Å². The van der Waals surface area contributed by atoms with Gasteiger partial charge in [-0.15, -0.1) is 0 Å². The van der Waals surface area contributed by atoms with E-state index in [4.69, 9.17) is 0 Å². The zero-order valence-corrected chi connectivity index (χ0v) is 12.8. The molecule has 0 amide bonds. The third-order valence-corrected chi connectivity index (χ3v) is 3.65. The lowest BCUT2D eigenvalue weighted by molar-refractivity contribution is -0.140. The van der Waals surface area contributed by atoms with Crippen molar-refractivity contribution in [3.8, 4) is 11.4 Å². The van der Waals surface area contributed by atoms with Crippen LogP contribution < -0.4 is 0 Å². The fourth-order valence-corrected chi connectivity index (χ4v) is 2.34. The highest BCUT2D eigenvalue weighted by Gasteiger charge is 2.08. The van der Waals surface area contributed by atoms with Crippen LogP contribution in [-0.2, 0) is 9.53 Å². The summed E-state index contributed by atoms with van der Waals surface area (Å²) in [4.78, 5) is 18.2. The molecule has 0 saturated carbocycles. The number of aromatic amines is 1. The number of ether oxygens (including phenoxy) is 1. The first-order valence-corrected chi connectivity index (χ1v) is 7.55. The van der Waals surface area contributed by atoms with Crippen molar-refractivity contribution >= 4 is 5.97 Å². The van der Waals surface area contributed by atoms with Crippen molar-refractivity contribution in [2.75, 3.05) is 7.11 Å². The summed E-state index contributed by atoms with van der Waals surface area (Å²) in [6.07, 6.45) is 6.78. The molecule has 0 aliphatic carbocycles. The maximum atomic E-state index is 11.0. The van der Waals surface area contributed by atoms with Gasteiger partial charge in [-0.25, -0.2) is 4.98 Å². The monoisotopic (exact) mass is 302 g/mol. The van der Waals surface area contributed by atoms with E-state index in [1.54, 1.807) is 12.4 Å². The molecule has 5 nitrogen and oxygen atoms in total. The third kappa shape index (κ3) is 4.70. The van der Waals surface area contributed by atoms with Gasteiger partial charge in [0.15, 0.2) is 0 Å². The van der Waals surface area contributed by atoms with Gasteiger partial charge in [-0.3, -0.25) is 4.79 Å². The SMILES string of the molecule is COC(=O)CCCCCC(O)c1ccc(-c2ncc[nH]2)cc1. The number of unbranched alkanes of at least 4 members (excludes halogenated alkanes) is 2. The molecule has 2 rings (SSSR count). The molecule has 0 aliphatic heterocycles. The first kappa shape index (κ1) is 16.2. The zero-order valence-electron chi connectivity index (χ0n) is 12.8. The predicted molar refractivity (Wildman–Crippen MR) is 84.1 cm³/mol. The minimum absolute atomic E-state index is 0.172. The number of hydrogen-bond acceptors (Lipinski definition) is 4. The summed E-state index contributed by atoms with van der Waals surface area (Å²) in [6.45, 7) is 0. The number of nitrogens with one attached hydrogen (secondary N) is 1. The first-order valence-electron chi connectivity index (χ1n) is 7.55. The van der Waals surface area contributed by atoms with Gasteiger partial charge in [0.2, 0.25) is 0 Å². The number of rotatable bonds is 8. The molecule has 1 aromatic carbocycles. The van der Waals surface area contributed by atoms with Crippen LogP contribution in [0.25, 0.3) is 11.4 Å². The number of aliphatic hydroxyl groups is 1. The largest absolute Gasteiger partial charge is 0.469 e. The van der Waals surface area contributed by atoms with Crippen LogP contribution in [0, 0.1) is 0 Å². The standard InChI is InChI=1S/C17H22N2O3/c1-22-16(21)6-4-2-3-5-15(20)13-7-9-14(10-8-13)17-18-11-12-19-17/h7-12,15,20H,2-6H2,1H3,(H,18,19). The van der Waals surface area contributed by atoms with Crippen molar-refractivity contribution in [2.24, 2.45) is 0 Å². The summed E-state index contributed by atoms with van der Waals surface area (Å²) >= 11 is 0. The molecule has 0 saturated heterocycles. The predicted octanol–water partition coefficient (Wildman–Crippen LogP) is 3.23. The van der Waals surface area contributed by atoms with Crippen molar-refractivity contribution in [1.29, 1.82) is 0 Å². The average molecular weight is 302 g/mol. The van der Waals surface area contributed by atoms with E-state index in [-0.39, 0.29) is 5.97 Å². The Balaban J connectivity index is 1.75. The highest BCUT2D eigenvalue weighted by molar-refractivity contribution is 5.68. The van der Waals surface area contributed by atoms with E-state index in [1.807, 2.05) is 24.3 Å². The van der Waals surface area contributed by atoms with Gasteiger partial charge in [0, 0.05) is 24.4 Å². The van der Waals surface area contributed by atoms with Crippen LogP contribution in [0.5, 0.6) is 0 Å². The lowest BCUT2D eigenvalue weighted by atomic mass is 10.0. The molecule has 1 atom stereocenters. The first-order chi connectivity index (χ1) is 10.7. The molecule has 0 bridgehead atoms. The minimum atomic E-state index is -0.469. The molecule has 1 heterocycles. The Labute approximate surface area is 130 Å². The number of benzene rings is 1. The van der Waals surface area contributed by atoms with Gasteiger partial charge in [0.1, 0.15) is 5.82 Å². The summed E-state index contributed by atoms with van der Waals surface area (Å²) in [5, 5.41) is 10.2. The number of esters is 1. The van der Waals surface area contributed by atoms with E-state index in [0.717, 1.165) is 36.2 Å². The fraction of sp³-hybridized carbons (Fsp3) is 0.412. The fourth-order valence-electron chi connectivity index (χ4n) is 2.34. The second kappa shape index (κ2) is 8.34. The van der Waals surface area contributed by atoms with E-state index >= 15 is 0 Å². The number of aromatic nitrogens is 2. The normalized spacial score (nSPS) is 12.1. The van der Waals surface area contributed by atoms with Gasteiger partial charge in [-0.2, -0.15) is 0 Å². The highest BCUT2D eigenvalue weighted by Crippen LogP contribution is 2.23. The van der Waals surface area contributed by atoms with Crippen LogP contribution in [0.4, 0.5) is 0 Å². The Morgan fingerprint density at radius 2 is 2.05 bits per heavy atom. The van der Waals surface area contributed by atoms with Crippen LogP contribution in [0.2, 0.25) is 0 Å². The molecular formula is C17H22N2O3. The van der Waals surface area contributed by atoms with E-state index < -0.39 is 6.10 Å². The van der Waals surface area contributed by atoms with E-state index in [1.165, 1.54) is 7.11 Å². The number of carbonyl (C=O) groups excluding carboxylic acids is 1. The smallest absolute Gasteiger partial charge is 0.305 e. The summed E-state index contributed by atoms with van der Waals surface area (Å²) in [6, 6.07) is 7.76. The van der Waals surface area contributed by atoms with Crippen LogP contribution in [0.1, 0.15) is 43.8 Å². The van der Waals surface area contributed by atoms with Crippen molar-refractivity contribution in [3.05, 3.63) is 42.2 Å². The number of imidazole rings is 1. The third-order valence-electron chi connectivity index (χ3n) is 3.65. The minimum Gasteiger partial charge on any atom is -0.469 e. The van der Waals surface area contributed by atoms with Crippen molar-refractivity contribution in [2.45, 2.75) is 38.2 Å². The summed E-state index contributed by atoms with van der Waals surface area (Å²) in [5.41, 5.74) is 1.90. The van der Waals surface area contributed by atoms with E-state index in [0.29, 0.717) is 12.8 Å². The van der Waals surface area contributed by atoms with Gasteiger partial charge < -0.3 is 14.8 Å². The number of H-pyrrole nitrogens is 1. The molecule has 22 heavy (non-hydrogen) atoms. The molecule has 2 aromatic rings. The van der Waals surface area contributed by atoms with Gasteiger partial charge in [-0.05, 0) is 18.4 Å². The Kier molecular flexibility index (Phi) is 6.15. The molecule has 5 heteroatoms. The Hall–Kier alpha value is -2.14. The number of nitrogens with zero attached hydrogens (tertiary/aromatic N) is 1. The highest BCUT2D eigenvalue weighted by atomic mass is 16.5. The number of aliphatic hydroxyl groups excluding tert-OH is 1. The van der Waals surface area contributed by atoms with Crippen LogP contribution in [0.3, 0.4) is 0 Å². The maximum absolute atomic E-state index is 11.0. The molecule has 0 fully saturated rings. The van der Waals surface area contributed by atoms with Crippen molar-refractivity contribution < 1.29 is 14.6 Å². The van der Waals surface area contributed by atoms with Gasteiger partial charge in [-0.1, -0.05) is 37.1 Å². The zero-order chi connectivity index (χ0) is 15.8. The van der Waals surface area contributed by atoms with Crippen molar-refractivity contribution in [1.82, 2.24) is 9.97 Å². The molecular weight excluding hydrogens is 280 g/mol. The Morgan fingerprint density at radius 1 is 1.27 bits per heavy atom. The van der Waals surface area contributed by atoms with Crippen LogP contribution in [-0.4, -0.2) is 28.2 Å². The quantitative estimate of drug-likeness (QED) is 0.580. The molecule has 118 valence electrons. The van der Waals surface area contributed by atoms with Gasteiger partial charge in [0.05, 0.1) is 13.2 Å². The average Bonchev–Trinajstić information content (AvgIpc) is 3.08. The topological polar surface area (TPSA) is 75.2 Å². The molecule has 1 unspecified atom stereocenters. The summed E-state index contributed by atoms with van der Waals surface area (Å²) in [5.74, 6) is 0.651. The number of methoxy groups -OCH3 is 1. The molecule has 1 aromatic heterocycles.